The molecule has 0 amide bonds. The lowest BCUT2D eigenvalue weighted by Gasteiger charge is -2.03. The molecule has 0 atom stereocenters. The van der Waals surface area contributed by atoms with E-state index >= 15 is 0 Å². The zero-order valence-corrected chi connectivity index (χ0v) is 7.15. The largest absolute Gasteiger partial charge is 0.479 e. The van der Waals surface area contributed by atoms with E-state index in [0.29, 0.717) is 5.82 Å². The van der Waals surface area contributed by atoms with E-state index in [1.165, 1.54) is 0 Å². The minimum atomic E-state index is -1.03. The topological polar surface area (TPSA) is 71.5 Å². The van der Waals surface area contributed by atoms with Gasteiger partial charge < -0.3 is 5.11 Å². The SMILES string of the molecule is Cc1ccc(NOCC(=O)O)nc1. The molecule has 1 heterocycles. The van der Waals surface area contributed by atoms with Gasteiger partial charge in [-0.15, -0.1) is 0 Å². The maximum absolute atomic E-state index is 10.1. The highest BCUT2D eigenvalue weighted by Crippen LogP contribution is 2.02. The molecular weight excluding hydrogens is 172 g/mol. The number of hydrogen-bond acceptors (Lipinski definition) is 4. The lowest BCUT2D eigenvalue weighted by molar-refractivity contribution is -0.141. The van der Waals surface area contributed by atoms with Gasteiger partial charge in [-0.05, 0) is 18.6 Å². The Kier molecular flexibility index (Phi) is 3.22. The second kappa shape index (κ2) is 4.42. The van der Waals surface area contributed by atoms with Crippen LogP contribution in [-0.4, -0.2) is 22.7 Å². The van der Waals surface area contributed by atoms with Crippen LogP contribution in [0.25, 0.3) is 0 Å². The molecule has 0 aliphatic rings. The molecule has 1 aromatic heterocycles. The number of rotatable bonds is 4. The Bertz CT molecular complexity index is 284. The van der Waals surface area contributed by atoms with Gasteiger partial charge in [0.2, 0.25) is 0 Å². The van der Waals surface area contributed by atoms with Crippen molar-refractivity contribution in [2.75, 3.05) is 12.1 Å². The Hall–Kier alpha value is -1.62. The quantitative estimate of drug-likeness (QED) is 0.674. The van der Waals surface area contributed by atoms with Crippen molar-refractivity contribution in [1.29, 1.82) is 0 Å². The van der Waals surface area contributed by atoms with Crippen molar-refractivity contribution in [2.45, 2.75) is 6.92 Å². The first-order valence-corrected chi connectivity index (χ1v) is 3.71. The van der Waals surface area contributed by atoms with Gasteiger partial charge in [0.25, 0.3) is 0 Å². The third kappa shape index (κ3) is 3.53. The average Bonchev–Trinajstić information content (AvgIpc) is 2.08. The Morgan fingerprint density at radius 1 is 1.69 bits per heavy atom. The van der Waals surface area contributed by atoms with Crippen LogP contribution in [0.3, 0.4) is 0 Å². The molecule has 1 rings (SSSR count). The summed E-state index contributed by atoms with van der Waals surface area (Å²) < 4.78 is 0. The monoisotopic (exact) mass is 182 g/mol. The van der Waals surface area contributed by atoms with Crippen molar-refractivity contribution in [3.05, 3.63) is 23.9 Å². The average molecular weight is 182 g/mol. The third-order valence-corrected chi connectivity index (χ3v) is 1.28. The smallest absolute Gasteiger partial charge is 0.332 e. The van der Waals surface area contributed by atoms with Crippen LogP contribution >= 0.6 is 0 Å². The number of carboxylic acid groups (broad SMARTS) is 1. The highest BCUT2D eigenvalue weighted by atomic mass is 16.7. The molecule has 0 fully saturated rings. The van der Waals surface area contributed by atoms with Crippen LogP contribution < -0.4 is 5.48 Å². The fourth-order valence-corrected chi connectivity index (χ4v) is 0.700. The van der Waals surface area contributed by atoms with Gasteiger partial charge in [-0.3, -0.25) is 4.84 Å². The maximum atomic E-state index is 10.1. The van der Waals surface area contributed by atoms with Crippen molar-refractivity contribution in [2.24, 2.45) is 0 Å². The number of anilines is 1. The maximum Gasteiger partial charge on any atom is 0.332 e. The van der Waals surface area contributed by atoms with Crippen molar-refractivity contribution in [1.82, 2.24) is 4.98 Å². The van der Waals surface area contributed by atoms with Crippen LogP contribution in [0.2, 0.25) is 0 Å². The summed E-state index contributed by atoms with van der Waals surface area (Å²) in [6.45, 7) is 1.52. The zero-order chi connectivity index (χ0) is 9.68. The first kappa shape index (κ1) is 9.47. The fourth-order valence-electron chi connectivity index (χ4n) is 0.700. The molecule has 0 radical (unpaired) electrons. The van der Waals surface area contributed by atoms with E-state index in [1.54, 1.807) is 12.3 Å². The zero-order valence-electron chi connectivity index (χ0n) is 7.15. The normalized spacial score (nSPS) is 9.62. The van der Waals surface area contributed by atoms with Crippen molar-refractivity contribution < 1.29 is 14.7 Å². The second-order valence-corrected chi connectivity index (χ2v) is 2.51. The molecule has 1 aromatic rings. The summed E-state index contributed by atoms with van der Waals surface area (Å²) in [6.07, 6.45) is 1.66. The Balaban J connectivity index is 2.37. The van der Waals surface area contributed by atoms with Crippen molar-refractivity contribution in [3.8, 4) is 0 Å². The van der Waals surface area contributed by atoms with Gasteiger partial charge in [0.1, 0.15) is 5.82 Å². The molecule has 0 saturated heterocycles. The van der Waals surface area contributed by atoms with Crippen LogP contribution in [0, 0.1) is 6.92 Å². The van der Waals surface area contributed by atoms with E-state index in [4.69, 9.17) is 5.11 Å². The van der Waals surface area contributed by atoms with Gasteiger partial charge in [-0.25, -0.2) is 15.3 Å². The van der Waals surface area contributed by atoms with Crippen LogP contribution in [0.15, 0.2) is 18.3 Å². The Morgan fingerprint density at radius 3 is 3.00 bits per heavy atom. The molecule has 0 aliphatic carbocycles. The molecule has 13 heavy (non-hydrogen) atoms. The molecule has 0 spiro atoms. The highest BCUT2D eigenvalue weighted by Gasteiger charge is 1.96. The predicted molar refractivity (Wildman–Crippen MR) is 46.2 cm³/mol. The van der Waals surface area contributed by atoms with Crippen molar-refractivity contribution in [3.63, 3.8) is 0 Å². The third-order valence-electron chi connectivity index (χ3n) is 1.28. The van der Waals surface area contributed by atoms with Crippen LogP contribution in [0.5, 0.6) is 0 Å². The molecule has 0 unspecified atom stereocenters. The summed E-state index contributed by atoms with van der Waals surface area (Å²) in [5, 5.41) is 8.25. The lowest BCUT2D eigenvalue weighted by Crippen LogP contribution is -2.11. The number of nitrogens with one attached hydrogen (secondary N) is 1. The number of pyridine rings is 1. The molecule has 70 valence electrons. The van der Waals surface area contributed by atoms with E-state index in [2.05, 4.69) is 15.3 Å². The number of hydrogen-bond donors (Lipinski definition) is 2. The highest BCUT2D eigenvalue weighted by molar-refractivity contribution is 5.68. The van der Waals surface area contributed by atoms with Crippen LogP contribution in [0.4, 0.5) is 5.82 Å². The van der Waals surface area contributed by atoms with Gasteiger partial charge in [0.15, 0.2) is 6.61 Å². The molecular formula is C8H10N2O3. The summed E-state index contributed by atoms with van der Waals surface area (Å²) in [4.78, 5) is 18.6. The molecule has 0 bridgehead atoms. The van der Waals surface area contributed by atoms with Crippen LogP contribution in [-0.2, 0) is 9.63 Å². The minimum absolute atomic E-state index is 0.393. The first-order chi connectivity index (χ1) is 6.18. The van der Waals surface area contributed by atoms with E-state index < -0.39 is 12.6 Å². The summed E-state index contributed by atoms with van der Waals surface area (Å²) in [5.41, 5.74) is 3.44. The van der Waals surface area contributed by atoms with Gasteiger partial charge in [-0.1, -0.05) is 6.07 Å². The number of aromatic nitrogens is 1. The second-order valence-electron chi connectivity index (χ2n) is 2.51. The van der Waals surface area contributed by atoms with E-state index in [-0.39, 0.29) is 0 Å². The number of nitrogens with zero attached hydrogens (tertiary/aromatic N) is 1. The Labute approximate surface area is 75.3 Å². The molecule has 5 nitrogen and oxygen atoms in total. The fraction of sp³-hybridized carbons (Fsp3) is 0.250. The lowest BCUT2D eigenvalue weighted by atomic mass is 10.3. The summed E-state index contributed by atoms with van der Waals surface area (Å²) in [6, 6.07) is 3.55. The number of carboxylic acids is 1. The van der Waals surface area contributed by atoms with Crippen LogP contribution in [0.1, 0.15) is 5.56 Å². The van der Waals surface area contributed by atoms with Crippen molar-refractivity contribution >= 4 is 11.8 Å². The van der Waals surface area contributed by atoms with Gasteiger partial charge in [-0.2, -0.15) is 0 Å². The molecule has 0 aliphatic heterocycles. The summed E-state index contributed by atoms with van der Waals surface area (Å²) in [5.74, 6) is -0.536. The molecule has 0 aromatic carbocycles. The Morgan fingerprint density at radius 2 is 2.46 bits per heavy atom. The number of aryl methyl sites for hydroxylation is 1. The molecule has 0 saturated carbocycles. The van der Waals surface area contributed by atoms with Gasteiger partial charge >= 0.3 is 5.97 Å². The predicted octanol–water partition coefficient (Wildman–Crippen LogP) is 0.818. The minimum Gasteiger partial charge on any atom is -0.479 e. The number of carbonyl (C=O) groups is 1. The standard InChI is InChI=1S/C8H10N2O3/c1-6-2-3-7(9-4-6)10-13-5-8(11)12/h2-4H,5H2,1H3,(H,9,10)(H,11,12). The van der Waals surface area contributed by atoms with E-state index in [0.717, 1.165) is 5.56 Å². The van der Waals surface area contributed by atoms with Gasteiger partial charge in [0, 0.05) is 6.20 Å². The molecule has 5 heteroatoms. The number of aliphatic carboxylic acids is 1. The van der Waals surface area contributed by atoms with Gasteiger partial charge in [0.05, 0.1) is 0 Å². The summed E-state index contributed by atoms with van der Waals surface area (Å²) >= 11 is 0. The molecule has 2 N–H and O–H groups in total. The summed E-state index contributed by atoms with van der Waals surface area (Å²) in [7, 11) is 0. The van der Waals surface area contributed by atoms with E-state index in [1.807, 2.05) is 13.0 Å². The van der Waals surface area contributed by atoms with E-state index in [9.17, 15) is 4.79 Å². The first-order valence-electron chi connectivity index (χ1n) is 3.71.